The third-order valence-corrected chi connectivity index (χ3v) is 3.59. The predicted molar refractivity (Wildman–Crippen MR) is 79.5 cm³/mol. The summed E-state index contributed by atoms with van der Waals surface area (Å²) in [6, 6.07) is 12.4. The number of aliphatic hydroxyl groups is 1. The van der Waals surface area contributed by atoms with Crippen molar-refractivity contribution < 1.29 is 9.90 Å². The van der Waals surface area contributed by atoms with E-state index in [0.29, 0.717) is 16.9 Å². The van der Waals surface area contributed by atoms with Gasteiger partial charge in [0.25, 0.3) is 5.91 Å². The minimum Gasteiger partial charge on any atom is -0.372 e. The lowest BCUT2D eigenvalue weighted by Crippen LogP contribution is -2.41. The summed E-state index contributed by atoms with van der Waals surface area (Å²) in [6.45, 7) is 1.93. The maximum Gasteiger partial charge on any atom is 0.270 e. The van der Waals surface area contributed by atoms with E-state index in [1.54, 1.807) is 49.5 Å². The first-order valence-corrected chi connectivity index (χ1v) is 6.64. The molecule has 2 aromatic rings. The highest BCUT2D eigenvalue weighted by atomic mass is 16.3. The zero-order valence-corrected chi connectivity index (χ0v) is 11.6. The highest BCUT2D eigenvalue weighted by molar-refractivity contribution is 6.08. The molecule has 0 fully saturated rings. The zero-order valence-electron chi connectivity index (χ0n) is 11.6. The predicted octanol–water partition coefficient (Wildman–Crippen LogP) is 1.69. The van der Waals surface area contributed by atoms with Gasteiger partial charge in [0.1, 0.15) is 5.82 Å². The summed E-state index contributed by atoms with van der Waals surface area (Å²) in [4.78, 5) is 18.4. The molecule has 4 nitrogen and oxygen atoms in total. The Hall–Kier alpha value is -2.64. The van der Waals surface area contributed by atoms with Crippen LogP contribution in [0.15, 0.2) is 48.7 Å². The van der Waals surface area contributed by atoms with Crippen LogP contribution in [0.2, 0.25) is 0 Å². The second kappa shape index (κ2) is 5.04. The van der Waals surface area contributed by atoms with Crippen LogP contribution in [0.1, 0.15) is 18.1 Å². The number of amides is 1. The van der Waals surface area contributed by atoms with Crippen LogP contribution in [0.5, 0.6) is 0 Å². The Bertz CT molecular complexity index is 746. The largest absolute Gasteiger partial charge is 0.372 e. The summed E-state index contributed by atoms with van der Waals surface area (Å²) < 4.78 is 0. The highest BCUT2D eigenvalue weighted by Gasteiger charge is 2.51. The van der Waals surface area contributed by atoms with E-state index in [-0.39, 0.29) is 6.54 Å². The average molecular weight is 278 g/mol. The molecular formula is C17H14N2O2. The van der Waals surface area contributed by atoms with Gasteiger partial charge in [0.15, 0.2) is 5.60 Å². The Morgan fingerprint density at radius 2 is 2.00 bits per heavy atom. The first kappa shape index (κ1) is 13.3. The summed E-state index contributed by atoms with van der Waals surface area (Å²) in [7, 11) is 0. The second-order valence-electron chi connectivity index (χ2n) is 4.77. The van der Waals surface area contributed by atoms with Crippen molar-refractivity contribution >= 4 is 11.7 Å². The molecule has 1 atom stereocenters. The minimum absolute atomic E-state index is 0.217. The van der Waals surface area contributed by atoms with Crippen LogP contribution in [0.4, 0.5) is 5.82 Å². The molecule has 2 heterocycles. The maximum atomic E-state index is 12.8. The van der Waals surface area contributed by atoms with Gasteiger partial charge in [-0.15, -0.1) is 5.92 Å². The van der Waals surface area contributed by atoms with Crippen LogP contribution in [0.3, 0.4) is 0 Å². The fraction of sp³-hybridized carbons (Fsp3) is 0.176. The van der Waals surface area contributed by atoms with Crippen molar-refractivity contribution in [3.63, 3.8) is 0 Å². The number of carbonyl (C=O) groups excluding carboxylic acids is 1. The first-order chi connectivity index (χ1) is 10.2. The number of fused-ring (bicyclic) bond motifs is 1. The van der Waals surface area contributed by atoms with Gasteiger partial charge in [-0.2, -0.15) is 0 Å². The number of benzene rings is 1. The second-order valence-corrected chi connectivity index (χ2v) is 4.77. The standard InChI is InChI=1S/C17H14N2O2/c1-2-3-12-19-15-14(10-7-11-18-15)17(21,16(19)20)13-8-5-4-6-9-13/h4-11,21H,12H2,1H3. The van der Waals surface area contributed by atoms with Crippen molar-refractivity contribution in [3.05, 3.63) is 59.8 Å². The molecule has 1 aromatic carbocycles. The number of hydrogen-bond donors (Lipinski definition) is 1. The van der Waals surface area contributed by atoms with Gasteiger partial charge in [0.05, 0.1) is 6.54 Å². The molecule has 0 aliphatic carbocycles. The minimum atomic E-state index is -1.69. The van der Waals surface area contributed by atoms with Crippen LogP contribution >= 0.6 is 0 Å². The number of aromatic nitrogens is 1. The fourth-order valence-corrected chi connectivity index (χ4v) is 2.56. The van der Waals surface area contributed by atoms with Crippen LogP contribution in [-0.2, 0) is 10.4 Å². The summed E-state index contributed by atoms with van der Waals surface area (Å²) in [5, 5.41) is 11.1. The molecule has 104 valence electrons. The van der Waals surface area contributed by atoms with E-state index >= 15 is 0 Å². The van der Waals surface area contributed by atoms with Gasteiger partial charge in [-0.3, -0.25) is 9.69 Å². The molecule has 1 aliphatic rings. The molecule has 4 heteroatoms. The Balaban J connectivity index is 2.18. The molecule has 0 spiro atoms. The van der Waals surface area contributed by atoms with Gasteiger partial charge in [-0.1, -0.05) is 36.3 Å². The monoisotopic (exact) mass is 278 g/mol. The molecule has 0 bridgehead atoms. The summed E-state index contributed by atoms with van der Waals surface area (Å²) in [5.41, 5.74) is -0.657. The molecule has 1 N–H and O–H groups in total. The zero-order chi connectivity index (χ0) is 14.9. The van der Waals surface area contributed by atoms with E-state index in [4.69, 9.17) is 0 Å². The number of hydrogen-bond acceptors (Lipinski definition) is 3. The molecule has 1 amide bonds. The van der Waals surface area contributed by atoms with Crippen molar-refractivity contribution in [1.82, 2.24) is 4.98 Å². The van der Waals surface area contributed by atoms with Crippen molar-refractivity contribution in [1.29, 1.82) is 0 Å². The van der Waals surface area contributed by atoms with Crippen LogP contribution in [-0.4, -0.2) is 22.5 Å². The lowest BCUT2D eigenvalue weighted by atomic mass is 9.88. The van der Waals surface area contributed by atoms with Gasteiger partial charge in [-0.05, 0) is 24.6 Å². The lowest BCUT2D eigenvalue weighted by Gasteiger charge is -2.22. The summed E-state index contributed by atoms with van der Waals surface area (Å²) >= 11 is 0. The van der Waals surface area contributed by atoms with Crippen LogP contribution in [0, 0.1) is 11.8 Å². The number of carbonyl (C=O) groups is 1. The van der Waals surface area contributed by atoms with Gasteiger partial charge >= 0.3 is 0 Å². The van der Waals surface area contributed by atoms with Gasteiger partial charge in [0, 0.05) is 11.8 Å². The van der Waals surface area contributed by atoms with E-state index in [9.17, 15) is 9.90 Å². The van der Waals surface area contributed by atoms with E-state index < -0.39 is 11.5 Å². The van der Waals surface area contributed by atoms with Gasteiger partial charge < -0.3 is 5.11 Å². The van der Waals surface area contributed by atoms with Crippen molar-refractivity contribution in [2.75, 3.05) is 11.4 Å². The van der Waals surface area contributed by atoms with Crippen molar-refractivity contribution in [2.45, 2.75) is 12.5 Å². The lowest BCUT2D eigenvalue weighted by molar-refractivity contribution is -0.132. The van der Waals surface area contributed by atoms with Crippen molar-refractivity contribution in [3.8, 4) is 11.8 Å². The molecule has 1 aliphatic heterocycles. The third kappa shape index (κ3) is 1.91. The van der Waals surface area contributed by atoms with E-state index in [1.807, 2.05) is 6.07 Å². The normalized spacial score (nSPS) is 19.9. The van der Waals surface area contributed by atoms with E-state index in [2.05, 4.69) is 16.8 Å². The van der Waals surface area contributed by atoms with Crippen molar-refractivity contribution in [2.24, 2.45) is 0 Å². The Labute approximate surface area is 123 Å². The van der Waals surface area contributed by atoms with E-state index in [0.717, 1.165) is 0 Å². The molecular weight excluding hydrogens is 264 g/mol. The maximum absolute atomic E-state index is 12.8. The Morgan fingerprint density at radius 1 is 1.24 bits per heavy atom. The quantitative estimate of drug-likeness (QED) is 0.850. The Morgan fingerprint density at radius 3 is 2.71 bits per heavy atom. The fourth-order valence-electron chi connectivity index (χ4n) is 2.56. The number of nitrogens with zero attached hydrogens (tertiary/aromatic N) is 2. The molecule has 1 aromatic heterocycles. The van der Waals surface area contributed by atoms with Gasteiger partial charge in [-0.25, -0.2) is 4.98 Å². The Kier molecular flexibility index (Phi) is 3.20. The number of pyridine rings is 1. The topological polar surface area (TPSA) is 53.4 Å². The summed E-state index contributed by atoms with van der Waals surface area (Å²) in [5.74, 6) is 5.67. The van der Waals surface area contributed by atoms with E-state index in [1.165, 1.54) is 4.90 Å². The number of rotatable bonds is 2. The third-order valence-electron chi connectivity index (χ3n) is 3.59. The number of anilines is 1. The van der Waals surface area contributed by atoms with Gasteiger partial charge in [0.2, 0.25) is 0 Å². The summed E-state index contributed by atoms with van der Waals surface area (Å²) in [6.07, 6.45) is 1.61. The molecule has 0 saturated heterocycles. The molecule has 1 unspecified atom stereocenters. The smallest absolute Gasteiger partial charge is 0.270 e. The molecule has 21 heavy (non-hydrogen) atoms. The van der Waals surface area contributed by atoms with Crippen LogP contribution < -0.4 is 4.90 Å². The van der Waals surface area contributed by atoms with Crippen LogP contribution in [0.25, 0.3) is 0 Å². The average Bonchev–Trinajstić information content (AvgIpc) is 2.76. The SMILES string of the molecule is CC#CCN1C(=O)C(O)(c2ccccc2)c2cccnc21. The molecule has 0 radical (unpaired) electrons. The first-order valence-electron chi connectivity index (χ1n) is 6.64. The molecule has 0 saturated carbocycles. The molecule has 3 rings (SSSR count). The highest BCUT2D eigenvalue weighted by Crippen LogP contribution is 2.42.